The molecule has 0 radical (unpaired) electrons. The molecule has 1 N–H and O–H groups in total. The number of piperidine rings is 1. The summed E-state index contributed by atoms with van der Waals surface area (Å²) in [5, 5.41) is 13.0. The third kappa shape index (κ3) is 5.74. The van der Waals surface area contributed by atoms with Crippen LogP contribution in [0.4, 0.5) is 0 Å². The van der Waals surface area contributed by atoms with Gasteiger partial charge < -0.3 is 14.6 Å². The number of benzene rings is 2. The number of hydrogen-bond acceptors (Lipinski definition) is 6. The molecule has 2 aromatic rings. The third-order valence-electron chi connectivity index (χ3n) is 12.0. The molecule has 1 spiro atoms. The van der Waals surface area contributed by atoms with Crippen molar-refractivity contribution in [2.24, 2.45) is 5.92 Å². The number of rotatable bonds is 15. The summed E-state index contributed by atoms with van der Waals surface area (Å²) in [5.41, 5.74) is 2.59. The fourth-order valence-corrected chi connectivity index (χ4v) is 9.70. The first-order valence-electron chi connectivity index (χ1n) is 18.2. The van der Waals surface area contributed by atoms with Gasteiger partial charge in [-0.05, 0) is 107 Å². The number of hydrogen-bond donors (Lipinski definition) is 1. The lowest BCUT2D eigenvalue weighted by Crippen LogP contribution is -2.78. The SMILES string of the molecule is CCCCCN(CCCCCCc1ccccc1)[C@@H]1CC[C@@]2(O)[C@H]3Cc4ccc(OC(C)=O)c5c4[C@@]2(CCN3CC2CC2)[C@H]1O5. The van der Waals surface area contributed by atoms with Crippen LogP contribution in [0.3, 0.4) is 0 Å². The van der Waals surface area contributed by atoms with E-state index in [-0.39, 0.29) is 24.2 Å². The summed E-state index contributed by atoms with van der Waals surface area (Å²) in [6.45, 7) is 8.01. The molecule has 1 saturated heterocycles. The number of aliphatic hydroxyl groups is 1. The third-order valence-corrected chi connectivity index (χ3v) is 12.0. The van der Waals surface area contributed by atoms with Crippen LogP contribution >= 0.6 is 0 Å². The number of nitrogens with zero attached hydrogens (tertiary/aromatic N) is 2. The molecule has 45 heavy (non-hydrogen) atoms. The van der Waals surface area contributed by atoms with Crippen molar-refractivity contribution in [1.29, 1.82) is 0 Å². The van der Waals surface area contributed by atoms with E-state index in [1.807, 2.05) is 6.07 Å². The standard InChI is InChI=1S/C39H54N2O4/c1-3-4-11-23-40(24-12-6-5-8-13-29-14-9-7-10-15-29)32-20-21-39(43)34-26-31-18-19-33(44-28(2)42)36-35(31)38(39,37(32)45-36)22-25-41(34)27-30-16-17-30/h7,9-10,14-15,18-19,30,32,34,37,43H,3-6,8,11-13,16-17,20-27H2,1-2H3/t32-,34-,37+,38+,39-/m1/s1. The van der Waals surface area contributed by atoms with Crippen molar-refractivity contribution < 1.29 is 19.4 Å². The van der Waals surface area contributed by atoms with Crippen molar-refractivity contribution >= 4 is 5.97 Å². The van der Waals surface area contributed by atoms with E-state index < -0.39 is 11.0 Å². The maximum atomic E-state index is 13.0. The molecule has 0 unspecified atom stereocenters. The van der Waals surface area contributed by atoms with Gasteiger partial charge >= 0.3 is 5.97 Å². The maximum absolute atomic E-state index is 13.0. The highest BCUT2D eigenvalue weighted by molar-refractivity contribution is 5.72. The zero-order chi connectivity index (χ0) is 31.0. The van der Waals surface area contributed by atoms with Crippen molar-refractivity contribution in [2.45, 2.75) is 133 Å². The second-order valence-corrected chi connectivity index (χ2v) is 14.9. The van der Waals surface area contributed by atoms with Crippen LogP contribution in [0.25, 0.3) is 0 Å². The average Bonchev–Trinajstić information content (AvgIpc) is 3.78. The number of likely N-dealkylation sites (tertiary alicyclic amines) is 1. The topological polar surface area (TPSA) is 62.2 Å². The molecule has 0 aromatic heterocycles. The molecule has 244 valence electrons. The molecule has 2 heterocycles. The minimum absolute atomic E-state index is 0.120. The Morgan fingerprint density at radius 1 is 1.00 bits per heavy atom. The van der Waals surface area contributed by atoms with Gasteiger partial charge in [0.25, 0.3) is 0 Å². The minimum Gasteiger partial charge on any atom is -0.483 e. The first kappa shape index (κ1) is 31.2. The lowest BCUT2D eigenvalue weighted by molar-refractivity contribution is -0.200. The minimum atomic E-state index is -0.832. The molecule has 6 heteroatoms. The second kappa shape index (κ2) is 13.0. The summed E-state index contributed by atoms with van der Waals surface area (Å²) in [6.07, 6.45) is 15.7. The summed E-state index contributed by atoms with van der Waals surface area (Å²) in [7, 11) is 0. The Morgan fingerprint density at radius 3 is 2.53 bits per heavy atom. The Morgan fingerprint density at radius 2 is 1.78 bits per heavy atom. The van der Waals surface area contributed by atoms with Crippen molar-refractivity contribution in [3.05, 3.63) is 59.2 Å². The normalized spacial score (nSPS) is 29.8. The van der Waals surface area contributed by atoms with Gasteiger partial charge in [-0.15, -0.1) is 0 Å². The van der Waals surface area contributed by atoms with Gasteiger partial charge in [-0.2, -0.15) is 0 Å². The molecule has 2 aliphatic heterocycles. The molecule has 0 amide bonds. The smallest absolute Gasteiger partial charge is 0.308 e. The van der Waals surface area contributed by atoms with Gasteiger partial charge in [0.15, 0.2) is 11.5 Å². The van der Waals surface area contributed by atoms with Gasteiger partial charge in [0, 0.05) is 31.1 Å². The van der Waals surface area contributed by atoms with Crippen LogP contribution < -0.4 is 9.47 Å². The van der Waals surface area contributed by atoms with Gasteiger partial charge in [-0.1, -0.05) is 69.0 Å². The van der Waals surface area contributed by atoms with Crippen molar-refractivity contribution in [1.82, 2.24) is 9.80 Å². The number of ether oxygens (including phenoxy) is 2. The van der Waals surface area contributed by atoms with Crippen LogP contribution in [0.1, 0.15) is 108 Å². The molecule has 5 aliphatic rings. The Kier molecular flexibility index (Phi) is 9.02. The number of carbonyl (C=O) groups is 1. The number of esters is 1. The van der Waals surface area contributed by atoms with Crippen molar-refractivity contribution in [2.75, 3.05) is 26.2 Å². The predicted molar refractivity (Wildman–Crippen MR) is 178 cm³/mol. The zero-order valence-corrected chi connectivity index (χ0v) is 27.6. The van der Waals surface area contributed by atoms with Gasteiger partial charge in [0.2, 0.25) is 0 Å². The van der Waals surface area contributed by atoms with E-state index >= 15 is 0 Å². The first-order valence-corrected chi connectivity index (χ1v) is 18.2. The summed E-state index contributed by atoms with van der Waals surface area (Å²) < 4.78 is 12.9. The molecule has 7 rings (SSSR count). The molecule has 5 atom stereocenters. The van der Waals surface area contributed by atoms with E-state index in [1.54, 1.807) is 0 Å². The molecule has 3 aliphatic carbocycles. The largest absolute Gasteiger partial charge is 0.483 e. The predicted octanol–water partition coefficient (Wildman–Crippen LogP) is 6.84. The second-order valence-electron chi connectivity index (χ2n) is 14.9. The summed E-state index contributed by atoms with van der Waals surface area (Å²) in [4.78, 5) is 17.5. The molecule has 2 bridgehead atoms. The van der Waals surface area contributed by atoms with E-state index in [1.165, 1.54) is 75.8 Å². The van der Waals surface area contributed by atoms with E-state index in [0.29, 0.717) is 5.75 Å². The van der Waals surface area contributed by atoms with Crippen LogP contribution in [-0.2, 0) is 23.1 Å². The van der Waals surface area contributed by atoms with Gasteiger partial charge in [0.1, 0.15) is 6.10 Å². The van der Waals surface area contributed by atoms with E-state index in [4.69, 9.17) is 9.47 Å². The highest BCUT2D eigenvalue weighted by Gasteiger charge is 2.73. The quantitative estimate of drug-likeness (QED) is 0.135. The highest BCUT2D eigenvalue weighted by Crippen LogP contribution is 2.66. The maximum Gasteiger partial charge on any atom is 0.308 e. The summed E-state index contributed by atoms with van der Waals surface area (Å²) in [6, 6.07) is 15.3. The Labute approximate surface area is 270 Å². The highest BCUT2D eigenvalue weighted by atomic mass is 16.6. The molecule has 2 aromatic carbocycles. The van der Waals surface area contributed by atoms with Crippen molar-refractivity contribution in [3.63, 3.8) is 0 Å². The van der Waals surface area contributed by atoms with E-state index in [2.05, 4.69) is 53.1 Å². The van der Waals surface area contributed by atoms with Crippen LogP contribution in [-0.4, -0.2) is 70.8 Å². The lowest BCUT2D eigenvalue weighted by atomic mass is 9.48. The monoisotopic (exact) mass is 614 g/mol. The Hall–Kier alpha value is -2.41. The fourth-order valence-electron chi connectivity index (χ4n) is 9.70. The van der Waals surface area contributed by atoms with Crippen LogP contribution in [0.2, 0.25) is 0 Å². The first-order chi connectivity index (χ1) is 21.9. The number of unbranched alkanes of at least 4 members (excludes halogenated alkanes) is 5. The van der Waals surface area contributed by atoms with Gasteiger partial charge in [-0.3, -0.25) is 14.6 Å². The average molecular weight is 615 g/mol. The molecular weight excluding hydrogens is 560 g/mol. The summed E-state index contributed by atoms with van der Waals surface area (Å²) in [5.74, 6) is 1.73. The van der Waals surface area contributed by atoms with E-state index in [9.17, 15) is 9.90 Å². The van der Waals surface area contributed by atoms with Crippen LogP contribution in [0.5, 0.6) is 11.5 Å². The van der Waals surface area contributed by atoms with Gasteiger partial charge in [-0.25, -0.2) is 0 Å². The van der Waals surface area contributed by atoms with Gasteiger partial charge in [0.05, 0.1) is 11.0 Å². The van der Waals surface area contributed by atoms with E-state index in [0.717, 1.165) is 75.5 Å². The lowest BCUT2D eigenvalue weighted by Gasteiger charge is -2.65. The fraction of sp³-hybridized carbons (Fsp3) is 0.667. The summed E-state index contributed by atoms with van der Waals surface area (Å²) >= 11 is 0. The molecule has 6 nitrogen and oxygen atoms in total. The molecular formula is C39H54N2O4. The zero-order valence-electron chi connectivity index (χ0n) is 27.6. The van der Waals surface area contributed by atoms with Crippen LogP contribution in [0.15, 0.2) is 42.5 Å². The molecule has 2 saturated carbocycles. The molecule has 3 fully saturated rings. The van der Waals surface area contributed by atoms with Crippen LogP contribution in [0, 0.1) is 5.92 Å². The number of carbonyl (C=O) groups excluding carboxylic acids is 1. The Balaban J connectivity index is 1.14. The Bertz CT molecular complexity index is 1340. The van der Waals surface area contributed by atoms with Crippen molar-refractivity contribution in [3.8, 4) is 11.5 Å². The number of aryl methyl sites for hydroxylation is 1.